The van der Waals surface area contributed by atoms with Crippen molar-refractivity contribution in [3.63, 3.8) is 0 Å². The summed E-state index contributed by atoms with van der Waals surface area (Å²) in [6, 6.07) is 17.9. The highest BCUT2D eigenvalue weighted by molar-refractivity contribution is 6.06. The van der Waals surface area contributed by atoms with Crippen LogP contribution in [0.3, 0.4) is 0 Å². The molecule has 0 radical (unpaired) electrons. The van der Waals surface area contributed by atoms with E-state index in [0.717, 1.165) is 5.56 Å². The predicted octanol–water partition coefficient (Wildman–Crippen LogP) is 4.52. The van der Waals surface area contributed by atoms with E-state index in [2.05, 4.69) is 20.8 Å². The standard InChI is InChI=1S/C22H18N4O4/c1-13-12-18(26-30-13)24-21(28)19-20(15-8-10-17(11-9-15)23-14(2)27)29-22(25-19)16-6-4-3-5-7-16/h3-12H,1-2H3,(H,23,27)(H,24,26,28). The predicted molar refractivity (Wildman–Crippen MR) is 111 cm³/mol. The fourth-order valence-electron chi connectivity index (χ4n) is 2.88. The molecule has 2 aromatic carbocycles. The number of nitrogens with zero attached hydrogens (tertiary/aromatic N) is 2. The van der Waals surface area contributed by atoms with Gasteiger partial charge >= 0.3 is 0 Å². The van der Waals surface area contributed by atoms with Crippen LogP contribution in [-0.4, -0.2) is 22.0 Å². The molecular formula is C22H18N4O4. The summed E-state index contributed by atoms with van der Waals surface area (Å²) in [5, 5.41) is 9.15. The number of carbonyl (C=O) groups is 2. The molecule has 4 rings (SSSR count). The Hall–Kier alpha value is -4.20. The molecule has 4 aromatic rings. The maximum Gasteiger partial charge on any atom is 0.279 e. The Morgan fingerprint density at radius 3 is 2.30 bits per heavy atom. The van der Waals surface area contributed by atoms with Crippen LogP contribution in [0, 0.1) is 6.92 Å². The molecule has 2 amide bonds. The van der Waals surface area contributed by atoms with Crippen LogP contribution in [0.15, 0.2) is 69.6 Å². The van der Waals surface area contributed by atoms with E-state index in [1.807, 2.05) is 30.3 Å². The van der Waals surface area contributed by atoms with Gasteiger partial charge in [-0.1, -0.05) is 23.4 Å². The van der Waals surface area contributed by atoms with Crippen molar-refractivity contribution < 1.29 is 18.5 Å². The Kier molecular flexibility index (Phi) is 5.13. The molecule has 0 fully saturated rings. The van der Waals surface area contributed by atoms with Gasteiger partial charge in [0, 0.05) is 29.8 Å². The lowest BCUT2D eigenvalue weighted by Crippen LogP contribution is -2.13. The minimum Gasteiger partial charge on any atom is -0.435 e. The summed E-state index contributed by atoms with van der Waals surface area (Å²) in [6.45, 7) is 3.17. The third-order valence-electron chi connectivity index (χ3n) is 4.20. The number of anilines is 2. The van der Waals surface area contributed by atoms with Crippen LogP contribution in [0.2, 0.25) is 0 Å². The lowest BCUT2D eigenvalue weighted by atomic mass is 10.1. The highest BCUT2D eigenvalue weighted by Crippen LogP contribution is 2.31. The third kappa shape index (κ3) is 4.12. The number of hydrogen-bond donors (Lipinski definition) is 2. The van der Waals surface area contributed by atoms with E-state index in [1.165, 1.54) is 6.92 Å². The molecule has 2 heterocycles. The summed E-state index contributed by atoms with van der Waals surface area (Å²) >= 11 is 0. The van der Waals surface area contributed by atoms with E-state index in [9.17, 15) is 9.59 Å². The summed E-state index contributed by atoms with van der Waals surface area (Å²) < 4.78 is 11.0. The molecule has 2 N–H and O–H groups in total. The smallest absolute Gasteiger partial charge is 0.279 e. The first-order valence-corrected chi connectivity index (χ1v) is 9.18. The van der Waals surface area contributed by atoms with Gasteiger partial charge in [0.05, 0.1) is 0 Å². The molecule has 2 aromatic heterocycles. The van der Waals surface area contributed by atoms with Crippen molar-refractivity contribution in [2.45, 2.75) is 13.8 Å². The molecule has 0 aliphatic heterocycles. The SMILES string of the molecule is CC(=O)Nc1ccc(-c2oc(-c3ccccc3)nc2C(=O)Nc2cc(C)on2)cc1. The molecule has 0 spiro atoms. The third-order valence-corrected chi connectivity index (χ3v) is 4.20. The Bertz CT molecular complexity index is 1190. The second-order valence-corrected chi connectivity index (χ2v) is 6.60. The number of hydrogen-bond acceptors (Lipinski definition) is 6. The maximum atomic E-state index is 12.9. The molecule has 0 atom stereocenters. The zero-order chi connectivity index (χ0) is 21.1. The highest BCUT2D eigenvalue weighted by atomic mass is 16.5. The van der Waals surface area contributed by atoms with Gasteiger partial charge in [-0.05, 0) is 43.3 Å². The molecular weight excluding hydrogens is 384 g/mol. The van der Waals surface area contributed by atoms with Gasteiger partial charge in [0.1, 0.15) is 5.76 Å². The van der Waals surface area contributed by atoms with Crippen LogP contribution >= 0.6 is 0 Å². The molecule has 0 saturated heterocycles. The minimum atomic E-state index is -0.477. The van der Waals surface area contributed by atoms with Gasteiger partial charge in [-0.2, -0.15) is 0 Å². The van der Waals surface area contributed by atoms with Crippen molar-refractivity contribution in [2.24, 2.45) is 0 Å². The molecule has 0 bridgehead atoms. The van der Waals surface area contributed by atoms with E-state index in [1.54, 1.807) is 37.3 Å². The van der Waals surface area contributed by atoms with Crippen LogP contribution in [0.4, 0.5) is 11.5 Å². The Morgan fingerprint density at radius 1 is 0.933 bits per heavy atom. The van der Waals surface area contributed by atoms with Crippen LogP contribution in [0.1, 0.15) is 23.2 Å². The normalized spacial score (nSPS) is 10.6. The number of amides is 2. The quantitative estimate of drug-likeness (QED) is 0.508. The topological polar surface area (TPSA) is 110 Å². The van der Waals surface area contributed by atoms with Crippen molar-refractivity contribution >= 4 is 23.3 Å². The first-order chi connectivity index (χ1) is 14.5. The van der Waals surface area contributed by atoms with E-state index in [4.69, 9.17) is 8.94 Å². The molecule has 0 unspecified atom stereocenters. The average molecular weight is 402 g/mol. The Labute approximate surface area is 171 Å². The summed E-state index contributed by atoms with van der Waals surface area (Å²) in [5.74, 6) is 0.837. The molecule has 150 valence electrons. The second-order valence-electron chi connectivity index (χ2n) is 6.60. The molecule has 0 aliphatic carbocycles. The van der Waals surface area contributed by atoms with Crippen molar-refractivity contribution in [3.8, 4) is 22.8 Å². The van der Waals surface area contributed by atoms with Gasteiger partial charge in [-0.15, -0.1) is 0 Å². The summed E-state index contributed by atoms with van der Waals surface area (Å²) in [5.41, 5.74) is 2.13. The number of nitrogens with one attached hydrogen (secondary N) is 2. The van der Waals surface area contributed by atoms with Gasteiger partial charge < -0.3 is 19.6 Å². The molecule has 30 heavy (non-hydrogen) atoms. The van der Waals surface area contributed by atoms with Gasteiger partial charge in [0.15, 0.2) is 17.3 Å². The fourth-order valence-corrected chi connectivity index (χ4v) is 2.88. The number of carbonyl (C=O) groups excluding carboxylic acids is 2. The van der Waals surface area contributed by atoms with Crippen LogP contribution in [0.5, 0.6) is 0 Å². The van der Waals surface area contributed by atoms with Gasteiger partial charge in [-0.25, -0.2) is 4.98 Å². The summed E-state index contributed by atoms with van der Waals surface area (Å²) in [7, 11) is 0. The lowest BCUT2D eigenvalue weighted by molar-refractivity contribution is -0.114. The van der Waals surface area contributed by atoms with Crippen LogP contribution in [0.25, 0.3) is 22.8 Å². The zero-order valence-electron chi connectivity index (χ0n) is 16.3. The van der Waals surface area contributed by atoms with Crippen molar-refractivity contribution in [1.29, 1.82) is 0 Å². The van der Waals surface area contributed by atoms with Crippen molar-refractivity contribution in [2.75, 3.05) is 10.6 Å². The fraction of sp³-hybridized carbons (Fsp3) is 0.0909. The number of rotatable bonds is 5. The van der Waals surface area contributed by atoms with E-state index in [-0.39, 0.29) is 17.4 Å². The number of aryl methyl sites for hydroxylation is 1. The Balaban J connectivity index is 1.72. The van der Waals surface area contributed by atoms with Crippen LogP contribution < -0.4 is 10.6 Å². The van der Waals surface area contributed by atoms with E-state index < -0.39 is 5.91 Å². The largest absolute Gasteiger partial charge is 0.435 e. The molecule has 8 nitrogen and oxygen atoms in total. The highest BCUT2D eigenvalue weighted by Gasteiger charge is 2.23. The maximum absolute atomic E-state index is 12.9. The van der Waals surface area contributed by atoms with E-state index >= 15 is 0 Å². The average Bonchev–Trinajstić information content (AvgIpc) is 3.35. The minimum absolute atomic E-state index is 0.113. The van der Waals surface area contributed by atoms with Gasteiger partial charge in [-0.3, -0.25) is 9.59 Å². The lowest BCUT2D eigenvalue weighted by Gasteiger charge is -2.04. The van der Waals surface area contributed by atoms with Crippen LogP contribution in [-0.2, 0) is 4.79 Å². The molecule has 0 saturated carbocycles. The number of benzene rings is 2. The van der Waals surface area contributed by atoms with Gasteiger partial charge in [0.2, 0.25) is 11.8 Å². The van der Waals surface area contributed by atoms with Gasteiger partial charge in [0.25, 0.3) is 5.91 Å². The summed E-state index contributed by atoms with van der Waals surface area (Å²) in [6.07, 6.45) is 0. The zero-order valence-corrected chi connectivity index (χ0v) is 16.3. The van der Waals surface area contributed by atoms with Crippen molar-refractivity contribution in [1.82, 2.24) is 10.1 Å². The first kappa shape index (κ1) is 19.1. The van der Waals surface area contributed by atoms with Crippen molar-refractivity contribution in [3.05, 3.63) is 72.1 Å². The summed E-state index contributed by atoms with van der Waals surface area (Å²) in [4.78, 5) is 28.6. The monoisotopic (exact) mass is 402 g/mol. The number of aromatic nitrogens is 2. The Morgan fingerprint density at radius 2 is 1.67 bits per heavy atom. The second kappa shape index (κ2) is 8.04. The molecule has 0 aliphatic rings. The number of oxazole rings is 1. The molecule has 8 heteroatoms. The van der Waals surface area contributed by atoms with E-state index in [0.29, 0.717) is 28.7 Å². The first-order valence-electron chi connectivity index (χ1n) is 9.18.